The van der Waals surface area contributed by atoms with Gasteiger partial charge in [-0.1, -0.05) is 30.3 Å². The summed E-state index contributed by atoms with van der Waals surface area (Å²) >= 11 is 0. The molecule has 1 saturated heterocycles. The van der Waals surface area contributed by atoms with Crippen molar-refractivity contribution in [3.63, 3.8) is 0 Å². The Morgan fingerprint density at radius 1 is 0.962 bits per heavy atom. The van der Waals surface area contributed by atoms with E-state index in [9.17, 15) is 8.42 Å². The predicted molar refractivity (Wildman–Crippen MR) is 103 cm³/mol. The SMILES string of the molecule is CS(=O)(=O)c1ccc(-c2ccc3c(c2)CCC(N2CCOCC2)C3)cc1. The van der Waals surface area contributed by atoms with E-state index < -0.39 is 9.84 Å². The van der Waals surface area contributed by atoms with Gasteiger partial charge in [-0.2, -0.15) is 0 Å². The van der Waals surface area contributed by atoms with E-state index >= 15 is 0 Å². The highest BCUT2D eigenvalue weighted by molar-refractivity contribution is 7.90. The summed E-state index contributed by atoms with van der Waals surface area (Å²) in [5.74, 6) is 0. The molecule has 1 fully saturated rings. The lowest BCUT2D eigenvalue weighted by atomic mass is 9.85. The van der Waals surface area contributed by atoms with E-state index in [1.807, 2.05) is 12.1 Å². The fraction of sp³-hybridized carbons (Fsp3) is 0.429. The van der Waals surface area contributed by atoms with Crippen LogP contribution < -0.4 is 0 Å². The quantitative estimate of drug-likeness (QED) is 0.832. The van der Waals surface area contributed by atoms with Crippen LogP contribution in [0.4, 0.5) is 0 Å². The van der Waals surface area contributed by atoms with Crippen LogP contribution in [0, 0.1) is 0 Å². The molecule has 1 atom stereocenters. The summed E-state index contributed by atoms with van der Waals surface area (Å²) in [7, 11) is -3.15. The van der Waals surface area contributed by atoms with Gasteiger partial charge in [0.2, 0.25) is 0 Å². The molecule has 0 saturated carbocycles. The molecule has 0 spiro atoms. The maximum absolute atomic E-state index is 11.6. The topological polar surface area (TPSA) is 46.6 Å². The molecule has 1 aliphatic heterocycles. The van der Waals surface area contributed by atoms with Crippen LogP contribution in [0.15, 0.2) is 47.4 Å². The molecule has 0 amide bonds. The summed E-state index contributed by atoms with van der Waals surface area (Å²) in [6.07, 6.45) is 4.66. The number of nitrogens with zero attached hydrogens (tertiary/aromatic N) is 1. The summed E-state index contributed by atoms with van der Waals surface area (Å²) in [6.45, 7) is 3.80. The first-order chi connectivity index (χ1) is 12.5. The summed E-state index contributed by atoms with van der Waals surface area (Å²) in [5, 5.41) is 0. The Kier molecular flexibility index (Phi) is 4.86. The molecule has 138 valence electrons. The van der Waals surface area contributed by atoms with Crippen molar-refractivity contribution in [1.29, 1.82) is 0 Å². The summed E-state index contributed by atoms with van der Waals surface area (Å²) < 4.78 is 28.7. The molecule has 2 aromatic carbocycles. The van der Waals surface area contributed by atoms with Crippen LogP contribution in [0.25, 0.3) is 11.1 Å². The van der Waals surface area contributed by atoms with Crippen LogP contribution in [-0.4, -0.2) is 51.9 Å². The number of sulfone groups is 1. The minimum absolute atomic E-state index is 0.368. The van der Waals surface area contributed by atoms with Crippen molar-refractivity contribution < 1.29 is 13.2 Å². The van der Waals surface area contributed by atoms with E-state index in [1.165, 1.54) is 23.8 Å². The zero-order chi connectivity index (χ0) is 18.1. The largest absolute Gasteiger partial charge is 0.379 e. The Labute approximate surface area is 155 Å². The molecule has 0 radical (unpaired) electrons. The molecular weight excluding hydrogens is 346 g/mol. The maximum atomic E-state index is 11.6. The fourth-order valence-electron chi connectivity index (χ4n) is 4.06. The van der Waals surface area contributed by atoms with E-state index in [1.54, 1.807) is 12.1 Å². The Balaban J connectivity index is 1.53. The van der Waals surface area contributed by atoms with Crippen LogP contribution in [0.2, 0.25) is 0 Å². The van der Waals surface area contributed by atoms with Gasteiger partial charge < -0.3 is 4.74 Å². The molecule has 1 heterocycles. The van der Waals surface area contributed by atoms with Crippen molar-refractivity contribution in [2.24, 2.45) is 0 Å². The first-order valence-corrected chi connectivity index (χ1v) is 11.1. The van der Waals surface area contributed by atoms with Gasteiger partial charge in [0.15, 0.2) is 9.84 Å². The van der Waals surface area contributed by atoms with Gasteiger partial charge in [-0.3, -0.25) is 4.90 Å². The highest BCUT2D eigenvalue weighted by atomic mass is 32.2. The predicted octanol–water partition coefficient (Wildman–Crippen LogP) is 2.95. The Bertz CT molecular complexity index is 884. The Hall–Kier alpha value is -1.69. The smallest absolute Gasteiger partial charge is 0.175 e. The number of hydrogen-bond donors (Lipinski definition) is 0. The zero-order valence-electron chi connectivity index (χ0n) is 15.1. The van der Waals surface area contributed by atoms with Gasteiger partial charge in [-0.05, 0) is 53.6 Å². The van der Waals surface area contributed by atoms with Crippen molar-refractivity contribution in [1.82, 2.24) is 4.90 Å². The third kappa shape index (κ3) is 3.70. The highest BCUT2D eigenvalue weighted by Crippen LogP contribution is 2.30. The molecule has 0 aromatic heterocycles. The van der Waals surface area contributed by atoms with Crippen LogP contribution in [0.5, 0.6) is 0 Å². The summed E-state index contributed by atoms with van der Waals surface area (Å²) in [6, 6.07) is 14.5. The van der Waals surface area contributed by atoms with Crippen LogP contribution in [-0.2, 0) is 27.4 Å². The molecule has 4 nitrogen and oxygen atoms in total. The third-order valence-corrected chi connectivity index (χ3v) is 6.72. The standard InChI is InChI=1S/C21H25NO3S/c1-26(23,24)21-8-5-16(6-9-21)17-2-3-19-15-20(7-4-18(19)14-17)22-10-12-25-13-11-22/h2-3,5-6,8-9,14,20H,4,7,10-13,15H2,1H3. The van der Waals surface area contributed by atoms with Gasteiger partial charge in [-0.25, -0.2) is 8.42 Å². The fourth-order valence-corrected chi connectivity index (χ4v) is 4.69. The normalized spacial score (nSPS) is 21.3. The molecule has 5 heteroatoms. The summed E-state index contributed by atoms with van der Waals surface area (Å²) in [4.78, 5) is 2.94. The molecule has 1 aliphatic carbocycles. The summed E-state index contributed by atoms with van der Waals surface area (Å²) in [5.41, 5.74) is 5.10. The average Bonchev–Trinajstić information content (AvgIpc) is 2.67. The first kappa shape index (κ1) is 17.7. The lowest BCUT2D eigenvalue weighted by molar-refractivity contribution is 0.0137. The van der Waals surface area contributed by atoms with Crippen molar-refractivity contribution in [3.8, 4) is 11.1 Å². The first-order valence-electron chi connectivity index (χ1n) is 9.25. The van der Waals surface area contributed by atoms with Crippen molar-refractivity contribution >= 4 is 9.84 Å². The number of aryl methyl sites for hydroxylation is 1. The number of hydrogen-bond acceptors (Lipinski definition) is 4. The molecule has 0 bridgehead atoms. The van der Waals surface area contributed by atoms with E-state index in [-0.39, 0.29) is 0 Å². The minimum Gasteiger partial charge on any atom is -0.379 e. The third-order valence-electron chi connectivity index (χ3n) is 5.59. The van der Waals surface area contributed by atoms with Gasteiger partial charge in [0.25, 0.3) is 0 Å². The highest BCUT2D eigenvalue weighted by Gasteiger charge is 2.25. The molecule has 0 N–H and O–H groups in total. The maximum Gasteiger partial charge on any atom is 0.175 e. The second kappa shape index (κ2) is 7.14. The van der Waals surface area contributed by atoms with Gasteiger partial charge in [0, 0.05) is 25.4 Å². The van der Waals surface area contributed by atoms with Crippen molar-refractivity contribution in [2.45, 2.75) is 30.2 Å². The number of fused-ring (bicyclic) bond motifs is 1. The zero-order valence-corrected chi connectivity index (χ0v) is 16.0. The van der Waals surface area contributed by atoms with Crippen molar-refractivity contribution in [3.05, 3.63) is 53.6 Å². The second-order valence-corrected chi connectivity index (χ2v) is 9.34. The molecule has 2 aromatic rings. The van der Waals surface area contributed by atoms with Gasteiger partial charge in [0.1, 0.15) is 0 Å². The minimum atomic E-state index is -3.15. The monoisotopic (exact) mass is 371 g/mol. The van der Waals surface area contributed by atoms with E-state index in [4.69, 9.17) is 4.74 Å². The van der Waals surface area contributed by atoms with E-state index in [2.05, 4.69) is 23.1 Å². The Morgan fingerprint density at radius 2 is 1.65 bits per heavy atom. The number of rotatable bonds is 3. The average molecular weight is 372 g/mol. The molecular formula is C21H25NO3S. The molecule has 4 rings (SSSR count). The lowest BCUT2D eigenvalue weighted by Crippen LogP contribution is -2.45. The van der Waals surface area contributed by atoms with E-state index in [0.717, 1.165) is 50.3 Å². The number of ether oxygens (including phenoxy) is 1. The van der Waals surface area contributed by atoms with Gasteiger partial charge in [-0.15, -0.1) is 0 Å². The van der Waals surface area contributed by atoms with E-state index in [0.29, 0.717) is 10.9 Å². The number of morpholine rings is 1. The molecule has 26 heavy (non-hydrogen) atoms. The second-order valence-electron chi connectivity index (χ2n) is 7.32. The number of benzene rings is 2. The van der Waals surface area contributed by atoms with Gasteiger partial charge >= 0.3 is 0 Å². The van der Waals surface area contributed by atoms with Crippen LogP contribution in [0.1, 0.15) is 17.5 Å². The van der Waals surface area contributed by atoms with Crippen LogP contribution in [0.3, 0.4) is 0 Å². The molecule has 2 aliphatic rings. The van der Waals surface area contributed by atoms with Crippen molar-refractivity contribution in [2.75, 3.05) is 32.6 Å². The van der Waals surface area contributed by atoms with Gasteiger partial charge in [0.05, 0.1) is 18.1 Å². The molecule has 1 unspecified atom stereocenters. The van der Waals surface area contributed by atoms with Crippen LogP contribution >= 0.6 is 0 Å². The lowest BCUT2D eigenvalue weighted by Gasteiger charge is -2.37. The Morgan fingerprint density at radius 3 is 2.35 bits per heavy atom.